The molecule has 0 saturated heterocycles. The van der Waals surface area contributed by atoms with Crippen LogP contribution in [0.1, 0.15) is 93.6 Å². The molecule has 8 nitrogen and oxygen atoms in total. The summed E-state index contributed by atoms with van der Waals surface area (Å²) in [6.45, 7) is 8.36. The van der Waals surface area contributed by atoms with Crippen molar-refractivity contribution in [2.24, 2.45) is 17.8 Å². The summed E-state index contributed by atoms with van der Waals surface area (Å²) in [6.07, 6.45) is 7.58. The van der Waals surface area contributed by atoms with Crippen LogP contribution in [-0.2, 0) is 26.6 Å². The molecule has 2 aliphatic carbocycles. The number of anilines is 1. The number of amides is 1. The summed E-state index contributed by atoms with van der Waals surface area (Å²) in [5.74, 6) is 0.138. The van der Waals surface area contributed by atoms with Gasteiger partial charge in [0.25, 0.3) is 5.91 Å². The second-order valence-electron chi connectivity index (χ2n) is 14.4. The fraction of sp³-hybridized carbons (Fsp3) is 0.639. The zero-order chi connectivity index (χ0) is 32.7. The van der Waals surface area contributed by atoms with Crippen LogP contribution in [0.4, 0.5) is 5.69 Å². The molecule has 2 bridgehead atoms. The van der Waals surface area contributed by atoms with E-state index in [4.69, 9.17) is 21.1 Å². The van der Waals surface area contributed by atoms with E-state index < -0.39 is 26.8 Å². The Morgan fingerprint density at radius 3 is 2.70 bits per heavy atom. The minimum absolute atomic E-state index is 0.0567. The molecule has 2 aromatic carbocycles. The van der Waals surface area contributed by atoms with Gasteiger partial charge in [-0.3, -0.25) is 4.79 Å². The van der Waals surface area contributed by atoms with Gasteiger partial charge in [0.15, 0.2) is 0 Å². The number of sulfonamides is 1. The van der Waals surface area contributed by atoms with Crippen LogP contribution < -0.4 is 14.4 Å². The predicted molar refractivity (Wildman–Crippen MR) is 181 cm³/mol. The summed E-state index contributed by atoms with van der Waals surface area (Å²) in [7, 11) is -3.93. The first-order valence-electron chi connectivity index (χ1n) is 17.1. The van der Waals surface area contributed by atoms with Crippen molar-refractivity contribution in [2.45, 2.75) is 94.8 Å². The smallest absolute Gasteiger partial charge is 0.264 e. The highest BCUT2D eigenvalue weighted by Gasteiger charge is 2.49. The number of aliphatic hydroxyl groups is 1. The van der Waals surface area contributed by atoms with Crippen molar-refractivity contribution in [1.29, 1.82) is 0 Å². The van der Waals surface area contributed by atoms with Crippen LogP contribution in [0.25, 0.3) is 0 Å². The van der Waals surface area contributed by atoms with E-state index in [1.54, 1.807) is 25.1 Å². The molecule has 0 radical (unpaired) electrons. The number of carbonyl (C=O) groups excluding carboxylic acids is 1. The van der Waals surface area contributed by atoms with Crippen molar-refractivity contribution in [2.75, 3.05) is 37.8 Å². The van der Waals surface area contributed by atoms with Gasteiger partial charge in [-0.2, -0.15) is 0 Å². The fourth-order valence-electron chi connectivity index (χ4n) is 8.34. The molecule has 4 aliphatic rings. The first kappa shape index (κ1) is 33.6. The summed E-state index contributed by atoms with van der Waals surface area (Å²) in [5, 5.41) is 12.2. The van der Waals surface area contributed by atoms with Crippen molar-refractivity contribution in [3.05, 3.63) is 58.1 Å². The molecule has 2 heterocycles. The molecule has 1 spiro atoms. The SMILES string of the molecule is CCCOC[C@]1(O)CCC[C@H](C)[C@@H](C)S(=O)(=O)NC(=O)c2ccc3c(c2)N(C[C@@H]2CC[C@H]21)C[C@@]1(CCCc2cc(Cl)ccc21)CO3. The summed E-state index contributed by atoms with van der Waals surface area (Å²) in [4.78, 5) is 15.8. The van der Waals surface area contributed by atoms with Crippen LogP contribution >= 0.6 is 11.6 Å². The Morgan fingerprint density at radius 1 is 1.11 bits per heavy atom. The van der Waals surface area contributed by atoms with Crippen LogP contribution in [-0.4, -0.2) is 63.2 Å². The molecule has 0 unspecified atom stereocenters. The van der Waals surface area contributed by atoms with Gasteiger partial charge in [0.05, 0.1) is 29.8 Å². The van der Waals surface area contributed by atoms with Crippen LogP contribution in [0.5, 0.6) is 5.75 Å². The molecule has 1 fully saturated rings. The number of benzene rings is 2. The van der Waals surface area contributed by atoms with Gasteiger partial charge in [0.1, 0.15) is 5.75 Å². The first-order chi connectivity index (χ1) is 21.9. The van der Waals surface area contributed by atoms with Gasteiger partial charge in [0, 0.05) is 35.7 Å². The van der Waals surface area contributed by atoms with Gasteiger partial charge in [-0.05, 0) is 118 Å². The molecule has 46 heavy (non-hydrogen) atoms. The molecule has 6 rings (SSSR count). The molecule has 6 atom stereocenters. The maximum atomic E-state index is 13.5. The highest BCUT2D eigenvalue weighted by Crippen LogP contribution is 2.49. The van der Waals surface area contributed by atoms with Crippen LogP contribution in [0.15, 0.2) is 36.4 Å². The average molecular weight is 673 g/mol. The Kier molecular flexibility index (Phi) is 9.70. The Labute approximate surface area is 279 Å². The van der Waals surface area contributed by atoms with E-state index in [1.807, 2.05) is 13.0 Å². The first-order valence-corrected chi connectivity index (χ1v) is 19.0. The van der Waals surface area contributed by atoms with Crippen molar-refractivity contribution in [1.82, 2.24) is 4.72 Å². The maximum Gasteiger partial charge on any atom is 0.264 e. The third kappa shape index (κ3) is 6.54. The number of hydrogen-bond donors (Lipinski definition) is 2. The van der Waals surface area contributed by atoms with E-state index in [0.29, 0.717) is 51.3 Å². The third-order valence-electron chi connectivity index (χ3n) is 11.4. The number of nitrogens with zero attached hydrogens (tertiary/aromatic N) is 1. The molecule has 252 valence electrons. The molecule has 0 aromatic heterocycles. The standard InChI is InChI=1S/C36H49ClN2O6S/c1-4-17-44-23-36(41)16-5-7-24(2)25(3)46(42,43)38-34(40)27-10-14-33-32(19-27)39(20-28-9-12-31(28)36)21-35(22-45-33)15-6-8-26-18-29(37)11-13-30(26)35/h10-11,13-14,18-19,24-25,28,31,41H,4-9,12,15-17,20-23H2,1-3H3,(H,38,40)/t24-,25+,28-,31+,35-,36+/m0/s1. The molecule has 1 saturated carbocycles. The fourth-order valence-corrected chi connectivity index (χ4v) is 9.85. The quantitative estimate of drug-likeness (QED) is 0.369. The van der Waals surface area contributed by atoms with Crippen molar-refractivity contribution >= 4 is 33.2 Å². The van der Waals surface area contributed by atoms with Gasteiger partial charge >= 0.3 is 0 Å². The number of aryl methyl sites for hydroxylation is 1. The van der Waals surface area contributed by atoms with E-state index in [1.165, 1.54) is 11.1 Å². The van der Waals surface area contributed by atoms with Crippen molar-refractivity contribution in [3.8, 4) is 5.75 Å². The molecule has 1 amide bonds. The predicted octanol–water partition coefficient (Wildman–Crippen LogP) is 6.27. The zero-order valence-corrected chi connectivity index (χ0v) is 29.0. The van der Waals surface area contributed by atoms with E-state index >= 15 is 0 Å². The Morgan fingerprint density at radius 2 is 1.93 bits per heavy atom. The largest absolute Gasteiger partial charge is 0.490 e. The van der Waals surface area contributed by atoms with Gasteiger partial charge in [-0.25, -0.2) is 13.1 Å². The number of hydrogen-bond acceptors (Lipinski definition) is 7. The van der Waals surface area contributed by atoms with E-state index in [9.17, 15) is 18.3 Å². The molecule has 2 N–H and O–H groups in total. The maximum absolute atomic E-state index is 13.5. The van der Waals surface area contributed by atoms with Crippen molar-refractivity contribution in [3.63, 3.8) is 0 Å². The normalized spacial score (nSPS) is 32.7. The number of fused-ring (bicyclic) bond motifs is 4. The van der Waals surface area contributed by atoms with E-state index in [0.717, 1.165) is 49.2 Å². The molecular weight excluding hydrogens is 624 g/mol. The minimum atomic E-state index is -3.93. The second-order valence-corrected chi connectivity index (χ2v) is 16.9. The third-order valence-corrected chi connectivity index (χ3v) is 13.5. The zero-order valence-electron chi connectivity index (χ0n) is 27.4. The summed E-state index contributed by atoms with van der Waals surface area (Å²) < 4.78 is 41.7. The van der Waals surface area contributed by atoms with Gasteiger partial charge in [-0.1, -0.05) is 37.9 Å². The highest BCUT2D eigenvalue weighted by molar-refractivity contribution is 7.90. The van der Waals surface area contributed by atoms with Gasteiger partial charge in [0.2, 0.25) is 10.0 Å². The average Bonchev–Trinajstić information content (AvgIpc) is 3.15. The molecule has 2 aliphatic heterocycles. The number of nitrogens with one attached hydrogen (secondary N) is 1. The lowest BCUT2D eigenvalue weighted by Crippen LogP contribution is -2.54. The highest BCUT2D eigenvalue weighted by atomic mass is 35.5. The lowest BCUT2D eigenvalue weighted by molar-refractivity contribution is -0.132. The van der Waals surface area contributed by atoms with Crippen molar-refractivity contribution < 1.29 is 27.8 Å². The van der Waals surface area contributed by atoms with Crippen LogP contribution in [0.2, 0.25) is 5.02 Å². The number of ether oxygens (including phenoxy) is 2. The second kappa shape index (κ2) is 13.3. The summed E-state index contributed by atoms with van der Waals surface area (Å²) in [6, 6.07) is 11.4. The van der Waals surface area contributed by atoms with Gasteiger partial charge < -0.3 is 19.5 Å². The van der Waals surface area contributed by atoms with E-state index in [2.05, 4.69) is 28.7 Å². The lowest BCUT2D eigenvalue weighted by Gasteiger charge is -2.50. The Hall–Kier alpha value is -2.33. The minimum Gasteiger partial charge on any atom is -0.490 e. The summed E-state index contributed by atoms with van der Waals surface area (Å²) in [5.41, 5.74) is 2.29. The number of rotatable bonds is 4. The number of carbonyl (C=O) groups is 1. The lowest BCUT2D eigenvalue weighted by atomic mass is 9.63. The molecule has 10 heteroatoms. The molecular formula is C36H49ClN2O6S. The van der Waals surface area contributed by atoms with Gasteiger partial charge in [-0.15, -0.1) is 0 Å². The molecule has 2 aromatic rings. The Balaban J connectivity index is 1.42. The van der Waals surface area contributed by atoms with Crippen LogP contribution in [0.3, 0.4) is 0 Å². The van der Waals surface area contributed by atoms with E-state index in [-0.39, 0.29) is 35.3 Å². The Bertz CT molecular complexity index is 1550. The number of halogens is 1. The van der Waals surface area contributed by atoms with Crippen LogP contribution in [0, 0.1) is 17.8 Å². The monoisotopic (exact) mass is 672 g/mol. The summed E-state index contributed by atoms with van der Waals surface area (Å²) >= 11 is 6.43. The topological polar surface area (TPSA) is 105 Å².